The fraction of sp³-hybridized carbons (Fsp3) is 0.842. The summed E-state index contributed by atoms with van der Waals surface area (Å²) in [4.78, 5) is 39.2. The zero-order valence-corrected chi connectivity index (χ0v) is 17.8. The number of carbonyl (C=O) groups excluding carboxylic acids is 3. The molecule has 2 aliphatic heterocycles. The fourth-order valence-corrected chi connectivity index (χ4v) is 6.68. The number of hydrogen-bond acceptors (Lipinski definition) is 5. The molecule has 3 fully saturated rings. The van der Waals surface area contributed by atoms with Crippen LogP contribution >= 0.6 is 0 Å². The van der Waals surface area contributed by atoms with Gasteiger partial charge in [-0.05, 0) is 32.6 Å². The Morgan fingerprint density at radius 2 is 1.86 bits per heavy atom. The smallest absolute Gasteiger partial charge is 0.245 e. The monoisotopic (exact) mass is 413 g/mol. The van der Waals surface area contributed by atoms with Crippen molar-refractivity contribution in [3.05, 3.63) is 0 Å². The number of nitrogens with zero attached hydrogens (tertiary/aromatic N) is 1. The van der Waals surface area contributed by atoms with Crippen molar-refractivity contribution in [2.75, 3.05) is 0 Å². The normalized spacial score (nSPS) is 30.3. The highest BCUT2D eigenvalue weighted by Gasteiger charge is 2.67. The maximum absolute atomic E-state index is 13.1. The second-order valence-corrected chi connectivity index (χ2v) is 11.6. The summed E-state index contributed by atoms with van der Waals surface area (Å²) in [7, 11) is -3.65. The molecule has 4 atom stereocenters. The number of nitrogens with one attached hydrogen (secondary N) is 2. The third-order valence-corrected chi connectivity index (χ3v) is 9.52. The molecule has 28 heavy (non-hydrogen) atoms. The molecular weight excluding hydrogens is 382 g/mol. The summed E-state index contributed by atoms with van der Waals surface area (Å²) in [6.45, 7) is 6.78. The summed E-state index contributed by atoms with van der Waals surface area (Å²) >= 11 is 0. The first kappa shape index (κ1) is 21.1. The lowest BCUT2D eigenvalue weighted by molar-refractivity contribution is -0.150. The fourth-order valence-electron chi connectivity index (χ4n) is 4.55. The van der Waals surface area contributed by atoms with Crippen LogP contribution in [0.15, 0.2) is 0 Å². The largest absolute Gasteiger partial charge is 0.352 e. The molecule has 8 nitrogen and oxygen atoms in total. The lowest BCUT2D eigenvalue weighted by atomic mass is 9.94. The van der Waals surface area contributed by atoms with Crippen LogP contribution in [-0.2, 0) is 24.2 Å². The Morgan fingerprint density at radius 1 is 1.25 bits per heavy atom. The molecule has 2 N–H and O–H groups in total. The van der Waals surface area contributed by atoms with Crippen LogP contribution in [0.5, 0.6) is 0 Å². The van der Waals surface area contributed by atoms with Crippen molar-refractivity contribution in [3.8, 4) is 0 Å². The van der Waals surface area contributed by atoms with E-state index in [-0.39, 0.29) is 30.2 Å². The average Bonchev–Trinajstić information content (AvgIpc) is 3.16. The number of amides is 3. The summed E-state index contributed by atoms with van der Waals surface area (Å²) in [5, 5.41) is 4.86. The van der Waals surface area contributed by atoms with Crippen molar-refractivity contribution in [2.24, 2.45) is 5.92 Å². The molecule has 2 heterocycles. The van der Waals surface area contributed by atoms with Gasteiger partial charge in [0.05, 0.1) is 11.2 Å². The number of hydrogen-bond donors (Lipinski definition) is 2. The Bertz CT molecular complexity index is 772. The van der Waals surface area contributed by atoms with Crippen molar-refractivity contribution in [1.29, 1.82) is 0 Å². The summed E-state index contributed by atoms with van der Waals surface area (Å²) < 4.78 is 24.1. The maximum Gasteiger partial charge on any atom is 0.245 e. The predicted molar refractivity (Wildman–Crippen MR) is 104 cm³/mol. The summed E-state index contributed by atoms with van der Waals surface area (Å²) in [6.07, 6.45) is 4.64. The summed E-state index contributed by atoms with van der Waals surface area (Å²) in [5.74, 6) is -1.26. The molecule has 1 saturated carbocycles. The molecule has 0 aromatic heterocycles. The first-order valence-electron chi connectivity index (χ1n) is 10.2. The molecule has 0 aromatic rings. The molecule has 0 aromatic carbocycles. The average molecular weight is 414 g/mol. The zero-order chi connectivity index (χ0) is 20.9. The van der Waals surface area contributed by atoms with E-state index >= 15 is 0 Å². The molecule has 1 aliphatic carbocycles. The first-order chi connectivity index (χ1) is 13.0. The number of rotatable bonds is 6. The van der Waals surface area contributed by atoms with Crippen molar-refractivity contribution >= 4 is 27.6 Å². The molecule has 9 heteroatoms. The van der Waals surface area contributed by atoms with Gasteiger partial charge >= 0.3 is 0 Å². The van der Waals surface area contributed by atoms with Crippen LogP contribution in [-0.4, -0.2) is 59.3 Å². The number of β-lactam (4-membered cyclic amide) rings is 1. The van der Waals surface area contributed by atoms with Gasteiger partial charge in [-0.25, -0.2) is 8.42 Å². The van der Waals surface area contributed by atoms with E-state index in [9.17, 15) is 22.8 Å². The summed E-state index contributed by atoms with van der Waals surface area (Å²) in [6, 6.07) is -1.75. The number of sulfone groups is 1. The Morgan fingerprint density at radius 3 is 2.39 bits per heavy atom. The number of carbonyl (C=O) groups is 3. The van der Waals surface area contributed by atoms with Gasteiger partial charge in [0.2, 0.25) is 17.7 Å². The molecule has 3 rings (SSSR count). The van der Waals surface area contributed by atoms with E-state index in [0.717, 1.165) is 25.7 Å². The minimum absolute atomic E-state index is 0.0769. The first-order valence-corrected chi connectivity index (χ1v) is 11.7. The van der Waals surface area contributed by atoms with Crippen LogP contribution in [0, 0.1) is 5.92 Å². The Labute approximate surface area is 166 Å². The minimum atomic E-state index is -3.65. The van der Waals surface area contributed by atoms with Crippen molar-refractivity contribution in [2.45, 2.75) is 94.5 Å². The van der Waals surface area contributed by atoms with Crippen LogP contribution in [0.4, 0.5) is 0 Å². The van der Waals surface area contributed by atoms with Gasteiger partial charge in [0.1, 0.15) is 17.5 Å². The van der Waals surface area contributed by atoms with Crippen molar-refractivity contribution in [3.63, 3.8) is 0 Å². The van der Waals surface area contributed by atoms with E-state index in [4.69, 9.17) is 0 Å². The second kappa shape index (κ2) is 7.31. The molecule has 0 spiro atoms. The molecule has 2 saturated heterocycles. The van der Waals surface area contributed by atoms with Crippen LogP contribution < -0.4 is 10.6 Å². The van der Waals surface area contributed by atoms with Gasteiger partial charge in [-0.1, -0.05) is 33.1 Å². The Balaban J connectivity index is 1.79. The van der Waals surface area contributed by atoms with Gasteiger partial charge in [0.25, 0.3) is 0 Å². The Hall–Kier alpha value is -1.64. The van der Waals surface area contributed by atoms with E-state index in [1.54, 1.807) is 0 Å². The van der Waals surface area contributed by atoms with E-state index in [0.29, 0.717) is 6.42 Å². The molecular formula is C19H31N3O5S. The van der Waals surface area contributed by atoms with Gasteiger partial charge in [-0.3, -0.25) is 14.4 Å². The molecule has 0 unspecified atom stereocenters. The summed E-state index contributed by atoms with van der Waals surface area (Å²) in [5.41, 5.74) is 0. The molecule has 158 valence electrons. The van der Waals surface area contributed by atoms with E-state index in [1.807, 2.05) is 13.8 Å². The van der Waals surface area contributed by atoms with Crippen molar-refractivity contribution < 1.29 is 22.8 Å². The van der Waals surface area contributed by atoms with Crippen LogP contribution in [0.1, 0.15) is 66.2 Å². The lowest BCUT2D eigenvalue weighted by Crippen LogP contribution is -2.62. The third kappa shape index (κ3) is 3.21. The SMILES string of the molecule is CC[C@H](C)[C@H](NC(=O)[C@H]1N2C(=O)C[C@@H]2S(=O)(=O)C1(C)C)C(=O)NC1CCCC1. The Kier molecular flexibility index (Phi) is 5.51. The highest BCUT2D eigenvalue weighted by atomic mass is 32.2. The highest BCUT2D eigenvalue weighted by Crippen LogP contribution is 2.45. The van der Waals surface area contributed by atoms with E-state index < -0.39 is 37.9 Å². The van der Waals surface area contributed by atoms with Crippen LogP contribution in [0.25, 0.3) is 0 Å². The van der Waals surface area contributed by atoms with Crippen molar-refractivity contribution in [1.82, 2.24) is 15.5 Å². The van der Waals surface area contributed by atoms with Crippen LogP contribution in [0.3, 0.4) is 0 Å². The van der Waals surface area contributed by atoms with Gasteiger partial charge in [-0.15, -0.1) is 0 Å². The second-order valence-electron chi connectivity index (χ2n) is 8.87. The highest BCUT2D eigenvalue weighted by molar-refractivity contribution is 7.93. The van der Waals surface area contributed by atoms with Crippen LogP contribution in [0.2, 0.25) is 0 Å². The van der Waals surface area contributed by atoms with Gasteiger partial charge in [0, 0.05) is 6.04 Å². The van der Waals surface area contributed by atoms with Gasteiger partial charge in [0.15, 0.2) is 9.84 Å². The maximum atomic E-state index is 13.1. The lowest BCUT2D eigenvalue weighted by Gasteiger charge is -2.37. The quantitative estimate of drug-likeness (QED) is 0.623. The standard InChI is InChI=1S/C19H31N3O5S/c1-5-11(2)15(17(24)20-12-8-6-7-9-12)21-18(25)16-19(3,4)28(26,27)14-10-13(23)22(14)16/h11-12,14-16H,5-10H2,1-4H3,(H,20,24)(H,21,25)/t11-,14-,15-,16+/m0/s1. The third-order valence-electron chi connectivity index (χ3n) is 6.72. The molecule has 0 radical (unpaired) electrons. The topological polar surface area (TPSA) is 113 Å². The molecule has 0 bridgehead atoms. The molecule has 3 aliphatic rings. The van der Waals surface area contributed by atoms with E-state index in [2.05, 4.69) is 10.6 Å². The predicted octanol–water partition coefficient (Wildman–Crippen LogP) is 0.710. The van der Waals surface area contributed by atoms with E-state index in [1.165, 1.54) is 18.7 Å². The minimum Gasteiger partial charge on any atom is -0.352 e. The van der Waals surface area contributed by atoms with Gasteiger partial charge in [-0.2, -0.15) is 0 Å². The zero-order valence-electron chi connectivity index (χ0n) is 17.0. The number of fused-ring (bicyclic) bond motifs is 1. The molecule has 3 amide bonds. The van der Waals surface area contributed by atoms with Gasteiger partial charge < -0.3 is 15.5 Å².